The van der Waals surface area contributed by atoms with Crippen LogP contribution < -0.4 is 5.32 Å². The molecule has 0 atom stereocenters. The van der Waals surface area contributed by atoms with Gasteiger partial charge in [-0.2, -0.15) is 0 Å². The Balaban J connectivity index is 1.87. The SMILES string of the molecule is C1=CS[C](N2CCCC2)N1. The highest BCUT2D eigenvalue weighted by Gasteiger charge is 2.23. The maximum atomic E-state index is 3.22. The van der Waals surface area contributed by atoms with E-state index in [1.54, 1.807) is 11.8 Å². The van der Waals surface area contributed by atoms with Gasteiger partial charge in [-0.25, -0.2) is 0 Å². The first-order valence-electron chi connectivity index (χ1n) is 3.67. The number of hydrogen-bond acceptors (Lipinski definition) is 3. The van der Waals surface area contributed by atoms with Crippen molar-refractivity contribution in [3.8, 4) is 0 Å². The van der Waals surface area contributed by atoms with Gasteiger partial charge in [0.2, 0.25) is 0 Å². The summed E-state index contributed by atoms with van der Waals surface area (Å²) in [5.41, 5.74) is 1.32. The van der Waals surface area contributed by atoms with Crippen molar-refractivity contribution in [2.24, 2.45) is 0 Å². The van der Waals surface area contributed by atoms with E-state index in [9.17, 15) is 0 Å². The predicted octanol–water partition coefficient (Wildman–Crippen LogP) is 1.34. The van der Waals surface area contributed by atoms with Crippen LogP contribution in [-0.4, -0.2) is 18.0 Å². The van der Waals surface area contributed by atoms with E-state index >= 15 is 0 Å². The molecule has 3 heteroatoms. The highest BCUT2D eigenvalue weighted by atomic mass is 32.2. The van der Waals surface area contributed by atoms with Crippen LogP contribution in [0.1, 0.15) is 12.8 Å². The maximum absolute atomic E-state index is 3.22. The smallest absolute Gasteiger partial charge is 0.191 e. The molecule has 1 N–H and O–H groups in total. The Morgan fingerprint density at radius 2 is 2.20 bits per heavy atom. The number of likely N-dealkylation sites (tertiary alicyclic amines) is 1. The fourth-order valence-corrected chi connectivity index (χ4v) is 2.06. The summed E-state index contributed by atoms with van der Waals surface area (Å²) >= 11 is 1.79. The van der Waals surface area contributed by atoms with Gasteiger partial charge in [0.1, 0.15) is 0 Å². The third-order valence-corrected chi connectivity index (χ3v) is 2.72. The van der Waals surface area contributed by atoms with Gasteiger partial charge in [-0.3, -0.25) is 4.90 Å². The Kier molecular flexibility index (Phi) is 1.86. The number of nitrogens with zero attached hydrogens (tertiary/aromatic N) is 1. The molecule has 2 heterocycles. The maximum Gasteiger partial charge on any atom is 0.191 e. The van der Waals surface area contributed by atoms with Gasteiger partial charge >= 0.3 is 0 Å². The number of rotatable bonds is 1. The Morgan fingerprint density at radius 1 is 1.40 bits per heavy atom. The summed E-state index contributed by atoms with van der Waals surface area (Å²) in [7, 11) is 0. The molecule has 1 radical (unpaired) electrons. The molecule has 0 amide bonds. The standard InChI is InChI=1S/C7H11N2S/c1-2-5-9(4-1)7-8-3-6-10-7/h3,6,8H,1-2,4-5H2. The molecular weight excluding hydrogens is 144 g/mol. The van der Waals surface area contributed by atoms with Gasteiger partial charge in [0.25, 0.3) is 0 Å². The van der Waals surface area contributed by atoms with Crippen molar-refractivity contribution in [3.63, 3.8) is 0 Å². The molecule has 2 aliphatic rings. The lowest BCUT2D eigenvalue weighted by atomic mass is 10.4. The van der Waals surface area contributed by atoms with Crippen LogP contribution in [0.4, 0.5) is 0 Å². The van der Waals surface area contributed by atoms with Crippen molar-refractivity contribution in [1.29, 1.82) is 0 Å². The molecule has 1 saturated heterocycles. The largest absolute Gasteiger partial charge is 0.360 e. The van der Waals surface area contributed by atoms with E-state index in [0.717, 1.165) is 0 Å². The van der Waals surface area contributed by atoms with Crippen LogP contribution in [-0.2, 0) is 0 Å². The molecule has 2 aliphatic heterocycles. The third-order valence-electron chi connectivity index (χ3n) is 1.85. The second kappa shape index (κ2) is 2.84. The summed E-state index contributed by atoms with van der Waals surface area (Å²) in [5.74, 6) is 0. The van der Waals surface area contributed by atoms with Crippen molar-refractivity contribution in [2.45, 2.75) is 12.8 Å². The summed E-state index contributed by atoms with van der Waals surface area (Å²) < 4.78 is 0. The van der Waals surface area contributed by atoms with Crippen LogP contribution in [0.5, 0.6) is 0 Å². The lowest BCUT2D eigenvalue weighted by Crippen LogP contribution is -2.29. The van der Waals surface area contributed by atoms with Crippen LogP contribution in [0.15, 0.2) is 11.6 Å². The molecule has 0 unspecified atom stereocenters. The summed E-state index contributed by atoms with van der Waals surface area (Å²) in [6.07, 6.45) is 4.70. The molecular formula is C7H11N2S. The predicted molar refractivity (Wildman–Crippen MR) is 43.9 cm³/mol. The van der Waals surface area contributed by atoms with Crippen LogP contribution in [0.3, 0.4) is 0 Å². The number of nitrogens with one attached hydrogen (secondary N) is 1. The van der Waals surface area contributed by atoms with Gasteiger partial charge in [-0.05, 0) is 18.2 Å². The Labute approximate surface area is 65.7 Å². The normalized spacial score (nSPS) is 27.6. The van der Waals surface area contributed by atoms with Gasteiger partial charge in [0.05, 0.1) is 0 Å². The quantitative estimate of drug-likeness (QED) is 0.615. The molecule has 0 aromatic heterocycles. The van der Waals surface area contributed by atoms with Gasteiger partial charge in [0, 0.05) is 19.3 Å². The van der Waals surface area contributed by atoms with E-state index in [1.807, 2.05) is 6.20 Å². The minimum absolute atomic E-state index is 1.23. The number of hydrogen-bond donors (Lipinski definition) is 1. The average molecular weight is 155 g/mol. The Bertz CT molecular complexity index is 133. The molecule has 0 saturated carbocycles. The van der Waals surface area contributed by atoms with E-state index < -0.39 is 0 Å². The van der Waals surface area contributed by atoms with Crippen LogP contribution in [0.25, 0.3) is 0 Å². The molecule has 2 rings (SSSR count). The molecule has 0 aromatic rings. The molecule has 0 bridgehead atoms. The molecule has 55 valence electrons. The molecule has 0 aliphatic carbocycles. The minimum Gasteiger partial charge on any atom is -0.360 e. The first kappa shape index (κ1) is 6.55. The monoisotopic (exact) mass is 155 g/mol. The van der Waals surface area contributed by atoms with Crippen molar-refractivity contribution in [1.82, 2.24) is 10.2 Å². The van der Waals surface area contributed by atoms with Crippen molar-refractivity contribution in [2.75, 3.05) is 13.1 Å². The Morgan fingerprint density at radius 3 is 2.80 bits per heavy atom. The molecule has 0 aromatic carbocycles. The highest BCUT2D eigenvalue weighted by molar-refractivity contribution is 8.05. The molecule has 2 nitrogen and oxygen atoms in total. The second-order valence-electron chi connectivity index (χ2n) is 2.56. The Hall–Kier alpha value is -0.150. The van der Waals surface area contributed by atoms with Crippen molar-refractivity contribution < 1.29 is 0 Å². The highest BCUT2D eigenvalue weighted by Crippen LogP contribution is 2.29. The van der Waals surface area contributed by atoms with Crippen molar-refractivity contribution in [3.05, 3.63) is 17.1 Å². The van der Waals surface area contributed by atoms with Gasteiger partial charge in [-0.1, -0.05) is 11.8 Å². The van der Waals surface area contributed by atoms with E-state index in [0.29, 0.717) is 0 Å². The summed E-state index contributed by atoms with van der Waals surface area (Å²) in [6.45, 7) is 2.47. The zero-order valence-corrected chi connectivity index (χ0v) is 6.66. The first-order valence-corrected chi connectivity index (χ1v) is 4.55. The van der Waals surface area contributed by atoms with Crippen LogP contribution in [0.2, 0.25) is 0 Å². The first-order chi connectivity index (χ1) is 4.97. The van der Waals surface area contributed by atoms with E-state index in [1.165, 1.54) is 31.4 Å². The topological polar surface area (TPSA) is 15.3 Å². The van der Waals surface area contributed by atoms with Gasteiger partial charge in [-0.15, -0.1) is 0 Å². The third kappa shape index (κ3) is 1.16. The van der Waals surface area contributed by atoms with Crippen LogP contribution in [0, 0.1) is 5.50 Å². The van der Waals surface area contributed by atoms with Gasteiger partial charge in [0.15, 0.2) is 5.50 Å². The fourth-order valence-electron chi connectivity index (χ4n) is 1.32. The number of thioether (sulfide) groups is 1. The van der Waals surface area contributed by atoms with Gasteiger partial charge < -0.3 is 5.32 Å². The molecule has 0 spiro atoms. The molecule has 1 fully saturated rings. The zero-order valence-electron chi connectivity index (χ0n) is 5.84. The lowest BCUT2D eigenvalue weighted by molar-refractivity contribution is 0.379. The summed E-state index contributed by atoms with van der Waals surface area (Å²) in [5, 5.41) is 5.31. The zero-order chi connectivity index (χ0) is 6.81. The van der Waals surface area contributed by atoms with Crippen LogP contribution >= 0.6 is 11.8 Å². The fraction of sp³-hybridized carbons (Fsp3) is 0.571. The van der Waals surface area contributed by atoms with E-state index in [4.69, 9.17) is 0 Å². The second-order valence-corrected chi connectivity index (χ2v) is 3.46. The summed E-state index contributed by atoms with van der Waals surface area (Å²) in [4.78, 5) is 2.41. The average Bonchev–Trinajstić information content (AvgIpc) is 2.59. The summed E-state index contributed by atoms with van der Waals surface area (Å²) in [6, 6.07) is 0. The van der Waals surface area contributed by atoms with Crippen molar-refractivity contribution >= 4 is 11.8 Å². The molecule has 10 heavy (non-hydrogen) atoms. The minimum atomic E-state index is 1.23. The van der Waals surface area contributed by atoms with E-state index in [2.05, 4.69) is 15.6 Å². The van der Waals surface area contributed by atoms with E-state index in [-0.39, 0.29) is 0 Å². The lowest BCUT2D eigenvalue weighted by Gasteiger charge is -2.20.